The van der Waals surface area contributed by atoms with E-state index in [1.165, 1.54) is 0 Å². The van der Waals surface area contributed by atoms with Gasteiger partial charge in [-0.2, -0.15) is 0 Å². The second kappa shape index (κ2) is 8.89. The fourth-order valence-corrected chi connectivity index (χ4v) is 3.22. The smallest absolute Gasteiger partial charge is 0.217 e. The summed E-state index contributed by atoms with van der Waals surface area (Å²) in [5, 5.41) is 2.83. The Kier molecular flexibility index (Phi) is 8.82. The van der Waals surface area contributed by atoms with E-state index in [-0.39, 0.29) is 5.25 Å². The molecule has 0 aliphatic heterocycles. The summed E-state index contributed by atoms with van der Waals surface area (Å²) in [4.78, 5) is 0. The van der Waals surface area contributed by atoms with E-state index in [9.17, 15) is 8.42 Å². The molecule has 0 aliphatic rings. The van der Waals surface area contributed by atoms with Gasteiger partial charge >= 0.3 is 0 Å². The van der Waals surface area contributed by atoms with Gasteiger partial charge in [-0.1, -0.05) is 27.2 Å². The Balaban J connectivity index is 4.38. The molecule has 104 valence electrons. The first kappa shape index (κ1) is 16.9. The fourth-order valence-electron chi connectivity index (χ4n) is 1.64. The maximum atomic E-state index is 12.2. The summed E-state index contributed by atoms with van der Waals surface area (Å²) in [6, 6.07) is 0. The van der Waals surface area contributed by atoms with Crippen molar-refractivity contribution in [1.82, 2.24) is 9.62 Å². The standard InChI is InChI=1S/C12H28N2O2S/c1-5-8-10-14(7-3)17(15,16)12(4)11-13-9-6-2/h12-13H,5-11H2,1-4H3. The number of hydrogen-bond acceptors (Lipinski definition) is 3. The zero-order valence-electron chi connectivity index (χ0n) is 11.7. The molecular weight excluding hydrogens is 236 g/mol. The second-order valence-electron chi connectivity index (χ2n) is 4.40. The minimum atomic E-state index is -3.13. The number of sulfonamides is 1. The molecule has 17 heavy (non-hydrogen) atoms. The highest BCUT2D eigenvalue weighted by atomic mass is 32.2. The summed E-state index contributed by atoms with van der Waals surface area (Å²) in [5.74, 6) is 0. The molecular formula is C12H28N2O2S. The molecule has 0 bridgehead atoms. The van der Waals surface area contributed by atoms with Crippen LogP contribution in [0.5, 0.6) is 0 Å². The molecule has 1 unspecified atom stereocenters. The van der Waals surface area contributed by atoms with Crippen molar-refractivity contribution in [2.24, 2.45) is 0 Å². The van der Waals surface area contributed by atoms with Crippen LogP contribution < -0.4 is 5.32 Å². The molecule has 0 saturated carbocycles. The molecule has 0 radical (unpaired) electrons. The third-order valence-electron chi connectivity index (χ3n) is 2.84. The summed E-state index contributed by atoms with van der Waals surface area (Å²) in [6.07, 6.45) is 2.98. The Labute approximate surface area is 107 Å². The Morgan fingerprint density at radius 2 is 1.82 bits per heavy atom. The van der Waals surface area contributed by atoms with Gasteiger partial charge in [0, 0.05) is 19.6 Å². The van der Waals surface area contributed by atoms with Crippen LogP contribution in [0.4, 0.5) is 0 Å². The highest BCUT2D eigenvalue weighted by molar-refractivity contribution is 7.89. The molecule has 0 saturated heterocycles. The number of unbranched alkanes of at least 4 members (excludes halogenated alkanes) is 1. The SMILES string of the molecule is CCCCN(CC)S(=O)(=O)C(C)CNCCC. The van der Waals surface area contributed by atoms with E-state index in [1.807, 2.05) is 6.92 Å². The normalized spacial score (nSPS) is 14.2. The van der Waals surface area contributed by atoms with Gasteiger partial charge in [-0.15, -0.1) is 0 Å². The van der Waals surface area contributed by atoms with Crippen molar-refractivity contribution in [3.05, 3.63) is 0 Å². The third-order valence-corrected chi connectivity index (χ3v) is 5.18. The van der Waals surface area contributed by atoms with Gasteiger partial charge in [-0.25, -0.2) is 12.7 Å². The molecule has 1 atom stereocenters. The lowest BCUT2D eigenvalue weighted by Gasteiger charge is -2.24. The van der Waals surface area contributed by atoms with Crippen LogP contribution in [0, 0.1) is 0 Å². The Morgan fingerprint density at radius 3 is 2.29 bits per heavy atom. The van der Waals surface area contributed by atoms with Gasteiger partial charge in [0.25, 0.3) is 0 Å². The molecule has 4 nitrogen and oxygen atoms in total. The molecule has 0 amide bonds. The monoisotopic (exact) mass is 264 g/mol. The largest absolute Gasteiger partial charge is 0.315 e. The minimum absolute atomic E-state index is 0.342. The van der Waals surface area contributed by atoms with Gasteiger partial charge < -0.3 is 5.32 Å². The zero-order valence-corrected chi connectivity index (χ0v) is 12.5. The van der Waals surface area contributed by atoms with E-state index in [0.29, 0.717) is 19.6 Å². The van der Waals surface area contributed by atoms with Crippen LogP contribution in [0.2, 0.25) is 0 Å². The molecule has 0 aliphatic carbocycles. The quantitative estimate of drug-likeness (QED) is 0.612. The third kappa shape index (κ3) is 5.84. The first-order chi connectivity index (χ1) is 8.00. The van der Waals surface area contributed by atoms with E-state index >= 15 is 0 Å². The van der Waals surface area contributed by atoms with E-state index < -0.39 is 10.0 Å². The molecule has 5 heteroatoms. The summed E-state index contributed by atoms with van der Waals surface area (Å²) in [6.45, 7) is 10.5. The molecule has 0 aromatic heterocycles. The van der Waals surface area contributed by atoms with Gasteiger partial charge in [-0.05, 0) is 26.3 Å². The number of nitrogens with one attached hydrogen (secondary N) is 1. The predicted molar refractivity (Wildman–Crippen MR) is 73.7 cm³/mol. The number of hydrogen-bond donors (Lipinski definition) is 1. The van der Waals surface area contributed by atoms with Crippen LogP contribution >= 0.6 is 0 Å². The Morgan fingerprint density at radius 1 is 1.18 bits per heavy atom. The fraction of sp³-hybridized carbons (Fsp3) is 1.00. The Bertz CT molecular complexity index is 278. The van der Waals surface area contributed by atoms with E-state index in [4.69, 9.17) is 0 Å². The van der Waals surface area contributed by atoms with Crippen LogP contribution in [-0.4, -0.2) is 44.2 Å². The van der Waals surface area contributed by atoms with Crippen molar-refractivity contribution in [3.63, 3.8) is 0 Å². The van der Waals surface area contributed by atoms with Crippen molar-refractivity contribution in [2.45, 2.75) is 52.2 Å². The average molecular weight is 264 g/mol. The van der Waals surface area contributed by atoms with E-state index in [0.717, 1.165) is 25.8 Å². The average Bonchev–Trinajstić information content (AvgIpc) is 2.30. The summed E-state index contributed by atoms with van der Waals surface area (Å²) < 4.78 is 26.1. The molecule has 0 rings (SSSR count). The zero-order chi connectivity index (χ0) is 13.3. The first-order valence-corrected chi connectivity index (χ1v) is 8.20. The molecule has 0 heterocycles. The van der Waals surface area contributed by atoms with Crippen molar-refractivity contribution < 1.29 is 8.42 Å². The lowest BCUT2D eigenvalue weighted by molar-refractivity contribution is 0.410. The van der Waals surface area contributed by atoms with Gasteiger partial charge in [-0.3, -0.25) is 0 Å². The van der Waals surface area contributed by atoms with Crippen LogP contribution in [0.15, 0.2) is 0 Å². The molecule has 0 fully saturated rings. The molecule has 0 spiro atoms. The number of nitrogens with zero attached hydrogens (tertiary/aromatic N) is 1. The molecule has 0 aromatic carbocycles. The summed E-state index contributed by atoms with van der Waals surface area (Å²) in [5.41, 5.74) is 0. The van der Waals surface area contributed by atoms with Crippen molar-refractivity contribution in [1.29, 1.82) is 0 Å². The van der Waals surface area contributed by atoms with Gasteiger partial charge in [0.15, 0.2) is 0 Å². The van der Waals surface area contributed by atoms with Crippen molar-refractivity contribution in [3.8, 4) is 0 Å². The summed E-state index contributed by atoms with van der Waals surface area (Å²) >= 11 is 0. The van der Waals surface area contributed by atoms with Crippen LogP contribution in [-0.2, 0) is 10.0 Å². The number of rotatable bonds is 10. The molecule has 1 N–H and O–H groups in total. The lowest BCUT2D eigenvalue weighted by Crippen LogP contribution is -2.42. The topological polar surface area (TPSA) is 49.4 Å². The first-order valence-electron chi connectivity index (χ1n) is 6.70. The van der Waals surface area contributed by atoms with Gasteiger partial charge in [0.05, 0.1) is 5.25 Å². The van der Waals surface area contributed by atoms with Crippen LogP contribution in [0.3, 0.4) is 0 Å². The highest BCUT2D eigenvalue weighted by Crippen LogP contribution is 2.09. The predicted octanol–water partition coefficient (Wildman–Crippen LogP) is 1.83. The highest BCUT2D eigenvalue weighted by Gasteiger charge is 2.26. The van der Waals surface area contributed by atoms with Crippen molar-refractivity contribution in [2.75, 3.05) is 26.2 Å². The van der Waals surface area contributed by atoms with Crippen molar-refractivity contribution >= 4 is 10.0 Å². The van der Waals surface area contributed by atoms with Crippen LogP contribution in [0.1, 0.15) is 47.0 Å². The second-order valence-corrected chi connectivity index (χ2v) is 6.76. The van der Waals surface area contributed by atoms with Gasteiger partial charge in [0.1, 0.15) is 0 Å². The van der Waals surface area contributed by atoms with Crippen LogP contribution in [0.25, 0.3) is 0 Å². The maximum Gasteiger partial charge on any atom is 0.217 e. The van der Waals surface area contributed by atoms with E-state index in [1.54, 1.807) is 11.2 Å². The van der Waals surface area contributed by atoms with Gasteiger partial charge in [0.2, 0.25) is 10.0 Å². The maximum absolute atomic E-state index is 12.2. The molecule has 0 aromatic rings. The lowest BCUT2D eigenvalue weighted by atomic mass is 10.3. The Hall–Kier alpha value is -0.130. The summed E-state index contributed by atoms with van der Waals surface area (Å²) in [7, 11) is -3.13. The minimum Gasteiger partial charge on any atom is -0.315 e. The van der Waals surface area contributed by atoms with E-state index in [2.05, 4.69) is 19.2 Å².